The monoisotopic (exact) mass is 381 g/mol. The van der Waals surface area contributed by atoms with Crippen LogP contribution in [0.4, 0.5) is 5.69 Å². The van der Waals surface area contributed by atoms with Gasteiger partial charge in [0.25, 0.3) is 5.91 Å². The Kier molecular flexibility index (Phi) is 5.19. The number of para-hydroxylation sites is 1. The number of carbonyl (C=O) groups is 1. The number of anilines is 1. The van der Waals surface area contributed by atoms with Gasteiger partial charge >= 0.3 is 0 Å². The van der Waals surface area contributed by atoms with E-state index in [1.165, 1.54) is 24.1 Å². The third-order valence-corrected chi connectivity index (χ3v) is 6.71. The van der Waals surface area contributed by atoms with Crippen LogP contribution in [0.1, 0.15) is 54.3 Å². The molecule has 2 aliphatic rings. The highest BCUT2D eigenvalue weighted by atomic mass is 16.3. The van der Waals surface area contributed by atoms with Crippen molar-refractivity contribution in [1.29, 1.82) is 0 Å². The van der Waals surface area contributed by atoms with Crippen molar-refractivity contribution in [2.24, 2.45) is 0 Å². The summed E-state index contributed by atoms with van der Waals surface area (Å²) in [5, 5.41) is 3.19. The number of fused-ring (bicyclic) bond motifs is 1. The van der Waals surface area contributed by atoms with E-state index in [0.29, 0.717) is 24.7 Å². The number of furan rings is 1. The summed E-state index contributed by atoms with van der Waals surface area (Å²) in [6.45, 7) is 3.53. The largest absolute Gasteiger partial charge is 0.467 e. The second-order valence-corrected chi connectivity index (χ2v) is 8.58. The Morgan fingerprint density at radius 1 is 1.25 bits per heavy atom. The van der Waals surface area contributed by atoms with E-state index in [1.54, 1.807) is 12.3 Å². The van der Waals surface area contributed by atoms with Crippen LogP contribution < -0.4 is 10.2 Å². The van der Waals surface area contributed by atoms with Gasteiger partial charge in [-0.05, 0) is 58.0 Å². The maximum absolute atomic E-state index is 12.9. The molecule has 1 amide bonds. The Morgan fingerprint density at radius 3 is 2.75 bits per heavy atom. The maximum atomic E-state index is 12.9. The van der Waals surface area contributed by atoms with Crippen LogP contribution >= 0.6 is 0 Å². The molecule has 1 aliphatic heterocycles. The lowest BCUT2D eigenvalue weighted by Crippen LogP contribution is -2.50. The van der Waals surface area contributed by atoms with E-state index in [9.17, 15) is 4.79 Å². The van der Waals surface area contributed by atoms with Gasteiger partial charge in [-0.15, -0.1) is 0 Å². The SMILES string of the molecule is CC1Cc2ccccc2N1Cc1occc1C(=O)NCC1(N(C)C)CCCC1. The predicted molar refractivity (Wildman–Crippen MR) is 112 cm³/mol. The Morgan fingerprint density at radius 2 is 2.00 bits per heavy atom. The molecule has 1 fully saturated rings. The number of hydrogen-bond acceptors (Lipinski definition) is 4. The first-order chi connectivity index (χ1) is 13.5. The normalized spacial score (nSPS) is 20.6. The number of nitrogens with zero attached hydrogens (tertiary/aromatic N) is 2. The van der Waals surface area contributed by atoms with Gasteiger partial charge in [-0.25, -0.2) is 0 Å². The first-order valence-corrected chi connectivity index (χ1v) is 10.4. The molecule has 0 spiro atoms. The van der Waals surface area contributed by atoms with Crippen molar-refractivity contribution in [3.8, 4) is 0 Å². The molecular weight excluding hydrogens is 350 g/mol. The van der Waals surface area contributed by atoms with Gasteiger partial charge < -0.3 is 19.5 Å². The lowest BCUT2D eigenvalue weighted by molar-refractivity contribution is 0.0898. The van der Waals surface area contributed by atoms with Gasteiger partial charge in [0.05, 0.1) is 18.4 Å². The zero-order chi connectivity index (χ0) is 19.7. The lowest BCUT2D eigenvalue weighted by atomic mass is 9.96. The molecule has 1 unspecified atom stereocenters. The number of nitrogens with one attached hydrogen (secondary N) is 1. The topological polar surface area (TPSA) is 48.7 Å². The molecule has 2 aromatic rings. The van der Waals surface area contributed by atoms with Crippen molar-refractivity contribution in [3.05, 3.63) is 53.5 Å². The van der Waals surface area contributed by atoms with Crippen LogP contribution in [0.15, 0.2) is 41.0 Å². The molecule has 28 heavy (non-hydrogen) atoms. The van der Waals surface area contributed by atoms with E-state index in [-0.39, 0.29) is 11.4 Å². The molecule has 5 heteroatoms. The van der Waals surface area contributed by atoms with Crippen LogP contribution in [0.2, 0.25) is 0 Å². The summed E-state index contributed by atoms with van der Waals surface area (Å²) < 4.78 is 5.74. The van der Waals surface area contributed by atoms with Crippen molar-refractivity contribution in [1.82, 2.24) is 10.2 Å². The van der Waals surface area contributed by atoms with Crippen molar-refractivity contribution in [3.63, 3.8) is 0 Å². The van der Waals surface area contributed by atoms with E-state index in [0.717, 1.165) is 25.0 Å². The minimum absolute atomic E-state index is 0.0305. The zero-order valence-electron chi connectivity index (χ0n) is 17.2. The van der Waals surface area contributed by atoms with Crippen molar-refractivity contribution < 1.29 is 9.21 Å². The fourth-order valence-electron chi connectivity index (χ4n) is 4.85. The molecule has 1 aromatic carbocycles. The molecule has 150 valence electrons. The highest BCUT2D eigenvalue weighted by Crippen LogP contribution is 2.34. The van der Waals surface area contributed by atoms with Gasteiger partial charge in [-0.1, -0.05) is 31.0 Å². The summed E-state index contributed by atoms with van der Waals surface area (Å²) in [4.78, 5) is 17.6. The van der Waals surface area contributed by atoms with Crippen molar-refractivity contribution in [2.45, 2.75) is 57.2 Å². The highest BCUT2D eigenvalue weighted by molar-refractivity contribution is 5.95. The lowest BCUT2D eigenvalue weighted by Gasteiger charge is -2.36. The average molecular weight is 382 g/mol. The standard InChI is InChI=1S/C23H31N3O2/c1-17-14-18-8-4-5-9-20(18)26(17)15-21-19(10-13-28-21)22(27)24-16-23(25(2)3)11-6-7-12-23/h4-5,8-10,13,17H,6-7,11-12,14-16H2,1-3H3,(H,24,27). The second-order valence-electron chi connectivity index (χ2n) is 8.58. The number of rotatable bonds is 6. The smallest absolute Gasteiger partial charge is 0.254 e. The Hall–Kier alpha value is -2.27. The first-order valence-electron chi connectivity index (χ1n) is 10.4. The number of carbonyl (C=O) groups excluding carboxylic acids is 1. The van der Waals surface area contributed by atoms with E-state index in [2.05, 4.69) is 60.4 Å². The fourth-order valence-corrected chi connectivity index (χ4v) is 4.85. The third-order valence-electron chi connectivity index (χ3n) is 6.71. The summed E-state index contributed by atoms with van der Waals surface area (Å²) in [6, 6.07) is 10.7. The summed E-state index contributed by atoms with van der Waals surface area (Å²) in [5.74, 6) is 0.711. The minimum atomic E-state index is -0.0305. The van der Waals surface area contributed by atoms with E-state index in [1.807, 2.05) is 0 Å². The zero-order valence-corrected chi connectivity index (χ0v) is 17.2. The molecule has 0 saturated heterocycles. The second kappa shape index (κ2) is 7.63. The van der Waals surface area contributed by atoms with Crippen LogP contribution in [-0.4, -0.2) is 43.0 Å². The summed E-state index contributed by atoms with van der Waals surface area (Å²) >= 11 is 0. The molecule has 4 rings (SSSR count). The number of likely N-dealkylation sites (N-methyl/N-ethyl adjacent to an activating group) is 1. The molecule has 0 bridgehead atoms. The van der Waals surface area contributed by atoms with Gasteiger partial charge in [-0.3, -0.25) is 4.79 Å². The van der Waals surface area contributed by atoms with Gasteiger partial charge in [0.15, 0.2) is 0 Å². The van der Waals surface area contributed by atoms with Gasteiger partial charge in [-0.2, -0.15) is 0 Å². The van der Waals surface area contributed by atoms with Gasteiger partial charge in [0, 0.05) is 23.8 Å². The van der Waals surface area contributed by atoms with Crippen LogP contribution in [-0.2, 0) is 13.0 Å². The molecule has 1 aromatic heterocycles. The summed E-state index contributed by atoms with van der Waals surface area (Å²) in [5.41, 5.74) is 3.35. The quantitative estimate of drug-likeness (QED) is 0.826. The van der Waals surface area contributed by atoms with Crippen LogP contribution in [0.25, 0.3) is 0 Å². The Labute approximate surface area is 167 Å². The van der Waals surface area contributed by atoms with Gasteiger partial charge in [0.1, 0.15) is 5.76 Å². The number of hydrogen-bond donors (Lipinski definition) is 1. The molecule has 2 heterocycles. The van der Waals surface area contributed by atoms with E-state index < -0.39 is 0 Å². The van der Waals surface area contributed by atoms with Crippen molar-refractivity contribution in [2.75, 3.05) is 25.5 Å². The molecule has 0 radical (unpaired) electrons. The van der Waals surface area contributed by atoms with Crippen LogP contribution in [0, 0.1) is 0 Å². The molecular formula is C23H31N3O2. The molecule has 1 N–H and O–H groups in total. The highest BCUT2D eigenvalue weighted by Gasteiger charge is 2.36. The summed E-state index contributed by atoms with van der Waals surface area (Å²) in [6.07, 6.45) is 7.41. The third kappa shape index (κ3) is 3.44. The molecule has 1 aliphatic carbocycles. The Balaban J connectivity index is 1.46. The average Bonchev–Trinajstić information content (AvgIpc) is 3.40. The fraction of sp³-hybridized carbons (Fsp3) is 0.522. The number of benzene rings is 1. The summed E-state index contributed by atoms with van der Waals surface area (Å²) in [7, 11) is 4.24. The van der Waals surface area contributed by atoms with E-state index in [4.69, 9.17) is 4.42 Å². The minimum Gasteiger partial charge on any atom is -0.467 e. The van der Waals surface area contributed by atoms with Crippen LogP contribution in [0.5, 0.6) is 0 Å². The van der Waals surface area contributed by atoms with Gasteiger partial charge in [0.2, 0.25) is 0 Å². The molecule has 1 saturated carbocycles. The van der Waals surface area contributed by atoms with E-state index >= 15 is 0 Å². The van der Waals surface area contributed by atoms with Crippen LogP contribution in [0.3, 0.4) is 0 Å². The molecule has 5 nitrogen and oxygen atoms in total. The maximum Gasteiger partial charge on any atom is 0.254 e. The Bertz CT molecular complexity index is 836. The first kappa shape index (κ1) is 19.1. The van der Waals surface area contributed by atoms with Crippen molar-refractivity contribution >= 4 is 11.6 Å². The molecule has 1 atom stereocenters. The predicted octanol–water partition coefficient (Wildman–Crippen LogP) is 3.84. The number of amides is 1.